The Morgan fingerprint density at radius 3 is 2.69 bits per heavy atom. The zero-order chi connectivity index (χ0) is 10.0. The molecule has 1 rings (SSSR count). The van der Waals surface area contributed by atoms with Crippen molar-refractivity contribution in [2.24, 2.45) is 0 Å². The number of hydrogen-bond donors (Lipinski definition) is 1. The molecule has 0 amide bonds. The SMILES string of the molecule is CCN(C)c1cc(F)c(I)cc1N. The van der Waals surface area contributed by atoms with Gasteiger partial charge in [0.25, 0.3) is 0 Å². The number of nitrogen functional groups attached to an aromatic ring is 1. The summed E-state index contributed by atoms with van der Waals surface area (Å²) in [5.41, 5.74) is 7.12. The summed E-state index contributed by atoms with van der Waals surface area (Å²) in [5, 5.41) is 0. The van der Waals surface area contributed by atoms with E-state index in [9.17, 15) is 4.39 Å². The summed E-state index contributed by atoms with van der Waals surface area (Å²) in [5.74, 6) is -0.217. The summed E-state index contributed by atoms with van der Waals surface area (Å²) in [6.07, 6.45) is 0. The molecule has 0 spiro atoms. The monoisotopic (exact) mass is 294 g/mol. The Balaban J connectivity index is 3.15. The molecule has 13 heavy (non-hydrogen) atoms. The van der Waals surface area contributed by atoms with Gasteiger partial charge in [0.05, 0.1) is 14.9 Å². The van der Waals surface area contributed by atoms with Crippen molar-refractivity contribution >= 4 is 34.0 Å². The van der Waals surface area contributed by atoms with Crippen molar-refractivity contribution in [3.8, 4) is 0 Å². The Bertz CT molecular complexity index is 315. The van der Waals surface area contributed by atoms with Gasteiger partial charge in [-0.25, -0.2) is 4.39 Å². The standard InChI is InChI=1S/C9H12FIN2/c1-3-13(2)9-4-6(10)7(11)5-8(9)12/h4-5H,3,12H2,1-2H3. The predicted octanol–water partition coefficient (Wildman–Crippen LogP) is 2.47. The Morgan fingerprint density at radius 1 is 1.54 bits per heavy atom. The van der Waals surface area contributed by atoms with Crippen LogP contribution < -0.4 is 10.6 Å². The zero-order valence-corrected chi connectivity index (χ0v) is 9.80. The summed E-state index contributed by atoms with van der Waals surface area (Å²) < 4.78 is 13.7. The van der Waals surface area contributed by atoms with Gasteiger partial charge in [0.15, 0.2) is 0 Å². The number of anilines is 2. The molecule has 1 aromatic carbocycles. The van der Waals surface area contributed by atoms with E-state index in [1.807, 2.05) is 41.5 Å². The average Bonchev–Trinajstić information content (AvgIpc) is 2.10. The molecule has 0 radical (unpaired) electrons. The van der Waals surface area contributed by atoms with E-state index in [4.69, 9.17) is 5.73 Å². The van der Waals surface area contributed by atoms with E-state index in [1.165, 1.54) is 6.07 Å². The highest BCUT2D eigenvalue weighted by Crippen LogP contribution is 2.26. The van der Waals surface area contributed by atoms with Crippen molar-refractivity contribution in [3.63, 3.8) is 0 Å². The minimum atomic E-state index is -0.217. The lowest BCUT2D eigenvalue weighted by atomic mass is 10.2. The summed E-state index contributed by atoms with van der Waals surface area (Å²) in [4.78, 5) is 1.91. The topological polar surface area (TPSA) is 29.3 Å². The molecule has 0 atom stereocenters. The minimum Gasteiger partial charge on any atom is -0.397 e. The smallest absolute Gasteiger partial charge is 0.138 e. The maximum atomic E-state index is 13.2. The average molecular weight is 294 g/mol. The Labute approximate surface area is 91.1 Å². The molecule has 2 nitrogen and oxygen atoms in total. The van der Waals surface area contributed by atoms with E-state index in [0.29, 0.717) is 9.26 Å². The van der Waals surface area contributed by atoms with Crippen LogP contribution in [0.3, 0.4) is 0 Å². The Morgan fingerprint density at radius 2 is 2.15 bits per heavy atom. The first-order valence-electron chi connectivity index (χ1n) is 4.02. The van der Waals surface area contributed by atoms with Gasteiger partial charge >= 0.3 is 0 Å². The molecule has 0 aliphatic heterocycles. The van der Waals surface area contributed by atoms with Crippen LogP contribution in [0.25, 0.3) is 0 Å². The molecule has 0 bridgehead atoms. The van der Waals surface area contributed by atoms with Gasteiger partial charge in [-0.1, -0.05) is 0 Å². The van der Waals surface area contributed by atoms with E-state index in [1.54, 1.807) is 6.07 Å². The van der Waals surface area contributed by atoms with Gasteiger partial charge in [-0.3, -0.25) is 0 Å². The second kappa shape index (κ2) is 4.13. The van der Waals surface area contributed by atoms with Crippen molar-refractivity contribution < 1.29 is 4.39 Å². The van der Waals surface area contributed by atoms with Crippen LogP contribution in [-0.4, -0.2) is 13.6 Å². The molecule has 2 N–H and O–H groups in total. The number of halogens is 2. The van der Waals surface area contributed by atoms with E-state index >= 15 is 0 Å². The second-order valence-corrected chi connectivity index (χ2v) is 4.00. The van der Waals surface area contributed by atoms with Crippen molar-refractivity contribution in [2.45, 2.75) is 6.92 Å². The summed E-state index contributed by atoms with van der Waals surface area (Å²) in [7, 11) is 1.89. The fraction of sp³-hybridized carbons (Fsp3) is 0.333. The molecule has 0 aliphatic carbocycles. The molecule has 1 aromatic rings. The first-order chi connectivity index (χ1) is 6.06. The molecule has 0 fully saturated rings. The van der Waals surface area contributed by atoms with Gasteiger partial charge in [0.2, 0.25) is 0 Å². The molecule has 0 saturated heterocycles. The third-order valence-electron chi connectivity index (χ3n) is 1.96. The second-order valence-electron chi connectivity index (χ2n) is 2.84. The highest BCUT2D eigenvalue weighted by Gasteiger charge is 2.08. The van der Waals surface area contributed by atoms with E-state index in [2.05, 4.69) is 0 Å². The van der Waals surface area contributed by atoms with Crippen LogP contribution in [0.5, 0.6) is 0 Å². The maximum absolute atomic E-state index is 13.2. The van der Waals surface area contributed by atoms with Crippen molar-refractivity contribution in [1.82, 2.24) is 0 Å². The van der Waals surface area contributed by atoms with Gasteiger partial charge in [0, 0.05) is 19.7 Å². The Kier molecular flexibility index (Phi) is 3.35. The first-order valence-corrected chi connectivity index (χ1v) is 5.09. The lowest BCUT2D eigenvalue weighted by Crippen LogP contribution is -2.17. The van der Waals surface area contributed by atoms with Crippen LogP contribution in [0.1, 0.15) is 6.92 Å². The maximum Gasteiger partial charge on any atom is 0.138 e. The van der Waals surface area contributed by atoms with E-state index in [0.717, 1.165) is 12.2 Å². The molecule has 72 valence electrons. The molecule has 0 saturated carbocycles. The van der Waals surface area contributed by atoms with Crippen LogP contribution in [0.4, 0.5) is 15.8 Å². The minimum absolute atomic E-state index is 0.217. The predicted molar refractivity (Wildman–Crippen MR) is 62.5 cm³/mol. The molecule has 4 heteroatoms. The van der Waals surface area contributed by atoms with Gasteiger partial charge in [0.1, 0.15) is 5.82 Å². The number of rotatable bonds is 2. The fourth-order valence-electron chi connectivity index (χ4n) is 1.05. The first kappa shape index (κ1) is 10.6. The highest BCUT2D eigenvalue weighted by molar-refractivity contribution is 14.1. The van der Waals surface area contributed by atoms with Crippen molar-refractivity contribution in [1.29, 1.82) is 0 Å². The molecule has 0 aliphatic rings. The summed E-state index contributed by atoms with van der Waals surface area (Å²) >= 11 is 1.93. The van der Waals surface area contributed by atoms with Crippen LogP contribution in [-0.2, 0) is 0 Å². The number of nitrogens with two attached hydrogens (primary N) is 1. The Hall–Kier alpha value is -0.520. The van der Waals surface area contributed by atoms with Crippen LogP contribution >= 0.6 is 22.6 Å². The fourth-order valence-corrected chi connectivity index (χ4v) is 1.54. The van der Waals surface area contributed by atoms with Crippen molar-refractivity contribution in [3.05, 3.63) is 21.5 Å². The summed E-state index contributed by atoms with van der Waals surface area (Å²) in [6, 6.07) is 3.12. The van der Waals surface area contributed by atoms with Gasteiger partial charge in [-0.15, -0.1) is 0 Å². The van der Waals surface area contributed by atoms with Crippen LogP contribution in [0.15, 0.2) is 12.1 Å². The quantitative estimate of drug-likeness (QED) is 0.670. The van der Waals surface area contributed by atoms with Gasteiger partial charge in [-0.05, 0) is 35.6 Å². The number of hydrogen-bond acceptors (Lipinski definition) is 2. The normalized spacial score (nSPS) is 10.2. The third kappa shape index (κ3) is 2.24. The van der Waals surface area contributed by atoms with E-state index in [-0.39, 0.29) is 5.82 Å². The third-order valence-corrected chi connectivity index (χ3v) is 2.78. The largest absolute Gasteiger partial charge is 0.397 e. The van der Waals surface area contributed by atoms with Gasteiger partial charge in [-0.2, -0.15) is 0 Å². The molecular weight excluding hydrogens is 282 g/mol. The van der Waals surface area contributed by atoms with Gasteiger partial charge < -0.3 is 10.6 Å². The van der Waals surface area contributed by atoms with Crippen LogP contribution in [0, 0.1) is 9.39 Å². The number of nitrogens with zero attached hydrogens (tertiary/aromatic N) is 1. The molecule has 0 heterocycles. The lowest BCUT2D eigenvalue weighted by molar-refractivity contribution is 0.620. The lowest BCUT2D eigenvalue weighted by Gasteiger charge is -2.19. The molecule has 0 unspecified atom stereocenters. The summed E-state index contributed by atoms with van der Waals surface area (Å²) in [6.45, 7) is 2.81. The van der Waals surface area contributed by atoms with Crippen LogP contribution in [0.2, 0.25) is 0 Å². The molecular formula is C9H12FIN2. The van der Waals surface area contributed by atoms with E-state index < -0.39 is 0 Å². The highest BCUT2D eigenvalue weighted by atomic mass is 127. The van der Waals surface area contributed by atoms with Crippen molar-refractivity contribution in [2.75, 3.05) is 24.2 Å². The number of benzene rings is 1. The molecule has 0 aromatic heterocycles. The zero-order valence-electron chi connectivity index (χ0n) is 7.64.